The molecule has 4 rings (SSSR count). The second-order valence-corrected chi connectivity index (χ2v) is 8.59. The normalized spacial score (nSPS) is 12.5. The average molecular weight is 502 g/mol. The maximum absolute atomic E-state index is 13.9. The summed E-state index contributed by atoms with van der Waals surface area (Å²) in [5.41, 5.74) is 0.345. The largest absolute Gasteiger partial charge is 0.465 e. The summed E-state index contributed by atoms with van der Waals surface area (Å²) in [4.78, 5) is 13.3. The molecular weight excluding hydrogens is 487 g/mol. The molecule has 1 aliphatic carbocycles. The molecule has 174 valence electrons. The molecule has 2 aromatic heterocycles. The Hall–Kier alpha value is -3.06. The summed E-state index contributed by atoms with van der Waals surface area (Å²) in [6.07, 6.45) is 3.85. The molecule has 0 fully saturated rings. The molecule has 0 amide bonds. The number of nitrogens with zero attached hydrogens (tertiary/aromatic N) is 2. The third kappa shape index (κ3) is 4.29. The first-order chi connectivity index (χ1) is 15.7. The van der Waals surface area contributed by atoms with Crippen LogP contribution in [0.1, 0.15) is 32.8 Å². The quantitative estimate of drug-likeness (QED) is 0.172. The van der Waals surface area contributed by atoms with E-state index >= 15 is 0 Å². The number of methoxy groups -OCH3 is 1. The number of fused-ring (bicyclic) bond motifs is 1. The topological polar surface area (TPSA) is 68.2 Å². The van der Waals surface area contributed by atoms with Crippen molar-refractivity contribution in [2.24, 2.45) is 0 Å². The fraction of sp³-hybridized carbons (Fsp3) is 0.250. The highest BCUT2D eigenvalue weighted by Crippen LogP contribution is 2.39. The van der Waals surface area contributed by atoms with Gasteiger partial charge in [0.1, 0.15) is 5.00 Å². The Kier molecular flexibility index (Phi) is 6.34. The van der Waals surface area contributed by atoms with Gasteiger partial charge in [-0.25, -0.2) is 26.7 Å². The second kappa shape index (κ2) is 9.06. The molecular formula is C20H15F5N4O2S2. The smallest absolute Gasteiger partial charge is 0.341 e. The van der Waals surface area contributed by atoms with Gasteiger partial charge in [-0.15, -0.1) is 11.3 Å². The number of hydrogen-bond donors (Lipinski definition) is 2. The van der Waals surface area contributed by atoms with Crippen molar-refractivity contribution in [1.82, 2.24) is 9.78 Å². The number of nitrogens with one attached hydrogen (secondary N) is 2. The summed E-state index contributed by atoms with van der Waals surface area (Å²) < 4.78 is 73.7. The number of halogens is 5. The molecule has 0 bridgehead atoms. The van der Waals surface area contributed by atoms with E-state index in [1.54, 1.807) is 0 Å². The zero-order valence-corrected chi connectivity index (χ0v) is 18.5. The number of aryl methyl sites for hydroxylation is 1. The van der Waals surface area contributed by atoms with Crippen molar-refractivity contribution in [2.45, 2.75) is 25.8 Å². The van der Waals surface area contributed by atoms with Gasteiger partial charge in [-0.1, -0.05) is 0 Å². The third-order valence-electron chi connectivity index (χ3n) is 5.04. The highest BCUT2D eigenvalue weighted by Gasteiger charge is 2.28. The van der Waals surface area contributed by atoms with E-state index in [4.69, 9.17) is 17.0 Å². The third-order valence-corrected chi connectivity index (χ3v) is 6.45. The molecule has 0 atom stereocenters. The van der Waals surface area contributed by atoms with E-state index in [0.717, 1.165) is 34.4 Å². The minimum atomic E-state index is -2.22. The molecule has 1 aliphatic rings. The minimum Gasteiger partial charge on any atom is -0.465 e. The zero-order valence-electron chi connectivity index (χ0n) is 16.9. The van der Waals surface area contributed by atoms with Gasteiger partial charge >= 0.3 is 5.97 Å². The summed E-state index contributed by atoms with van der Waals surface area (Å²) in [6.45, 7) is -0.697. The maximum atomic E-state index is 13.9. The number of thiocarbonyl (C=S) groups is 1. The van der Waals surface area contributed by atoms with Crippen molar-refractivity contribution in [3.63, 3.8) is 0 Å². The molecule has 0 spiro atoms. The summed E-state index contributed by atoms with van der Waals surface area (Å²) in [5.74, 6) is -10.4. The molecule has 0 saturated heterocycles. The molecule has 0 radical (unpaired) electrons. The van der Waals surface area contributed by atoms with E-state index in [0.29, 0.717) is 10.6 Å². The Balaban J connectivity index is 1.48. The van der Waals surface area contributed by atoms with Gasteiger partial charge in [-0.05, 0) is 37.0 Å². The van der Waals surface area contributed by atoms with E-state index in [1.165, 1.54) is 30.7 Å². The number of anilines is 2. The number of rotatable bonds is 5. The van der Waals surface area contributed by atoms with Gasteiger partial charge in [0.15, 0.2) is 34.2 Å². The van der Waals surface area contributed by atoms with Gasteiger partial charge in [0.25, 0.3) is 0 Å². The highest BCUT2D eigenvalue weighted by atomic mass is 32.1. The van der Waals surface area contributed by atoms with E-state index < -0.39 is 47.2 Å². The molecule has 33 heavy (non-hydrogen) atoms. The van der Waals surface area contributed by atoms with Crippen molar-refractivity contribution < 1.29 is 31.5 Å². The second-order valence-electron chi connectivity index (χ2n) is 7.08. The lowest BCUT2D eigenvalue weighted by Gasteiger charge is -2.10. The van der Waals surface area contributed by atoms with Crippen LogP contribution in [0.2, 0.25) is 0 Å². The van der Waals surface area contributed by atoms with Crippen LogP contribution in [-0.4, -0.2) is 28.0 Å². The Morgan fingerprint density at radius 3 is 2.45 bits per heavy atom. The minimum absolute atomic E-state index is 0.0848. The lowest BCUT2D eigenvalue weighted by atomic mass is 10.1. The predicted octanol–water partition coefficient (Wildman–Crippen LogP) is 4.77. The van der Waals surface area contributed by atoms with E-state index in [9.17, 15) is 26.7 Å². The summed E-state index contributed by atoms with van der Waals surface area (Å²) in [5, 5.41) is 10.3. The Morgan fingerprint density at radius 1 is 1.12 bits per heavy atom. The summed E-state index contributed by atoms with van der Waals surface area (Å²) in [7, 11) is 1.29. The number of hydrogen-bond acceptors (Lipinski definition) is 5. The van der Waals surface area contributed by atoms with Crippen LogP contribution in [0.15, 0.2) is 12.3 Å². The molecule has 2 N–H and O–H groups in total. The van der Waals surface area contributed by atoms with Gasteiger partial charge in [-0.3, -0.25) is 4.68 Å². The predicted molar refractivity (Wildman–Crippen MR) is 115 cm³/mol. The number of ether oxygens (including phenoxy) is 1. The van der Waals surface area contributed by atoms with Crippen LogP contribution in [0.3, 0.4) is 0 Å². The molecule has 3 aromatic rings. The number of carbonyl (C=O) groups excluding carboxylic acids is 1. The molecule has 0 saturated carbocycles. The molecule has 6 nitrogen and oxygen atoms in total. The summed E-state index contributed by atoms with van der Waals surface area (Å²) >= 11 is 6.65. The lowest BCUT2D eigenvalue weighted by molar-refractivity contribution is 0.0601. The Bertz CT molecular complexity index is 1240. The maximum Gasteiger partial charge on any atom is 0.341 e. The number of aromatic nitrogens is 2. The number of thiophene rings is 1. The van der Waals surface area contributed by atoms with Crippen LogP contribution in [0, 0.1) is 29.1 Å². The van der Waals surface area contributed by atoms with Crippen LogP contribution in [0.5, 0.6) is 0 Å². The molecule has 1 aromatic carbocycles. The average Bonchev–Trinajstić information content (AvgIpc) is 3.50. The fourth-order valence-electron chi connectivity index (χ4n) is 3.53. The first-order valence-corrected chi connectivity index (χ1v) is 10.8. The van der Waals surface area contributed by atoms with Crippen molar-refractivity contribution >= 4 is 45.5 Å². The van der Waals surface area contributed by atoms with E-state index in [1.807, 2.05) is 0 Å². The van der Waals surface area contributed by atoms with Crippen LogP contribution in [0.25, 0.3) is 0 Å². The fourth-order valence-corrected chi connectivity index (χ4v) is 5.08. The number of benzene rings is 1. The SMILES string of the molecule is COC(=O)c1c(NC(=S)Nc2ccn(Cc3c(F)c(F)c(F)c(F)c3F)n2)sc2c1CCC2. The van der Waals surface area contributed by atoms with Crippen molar-refractivity contribution in [3.05, 3.63) is 62.9 Å². The van der Waals surface area contributed by atoms with Gasteiger partial charge in [-0.2, -0.15) is 5.10 Å². The number of esters is 1. The first-order valence-electron chi connectivity index (χ1n) is 9.55. The Labute approximate surface area is 193 Å². The summed E-state index contributed by atoms with van der Waals surface area (Å²) in [6, 6.07) is 1.40. The van der Waals surface area contributed by atoms with Crippen LogP contribution in [0.4, 0.5) is 32.8 Å². The monoisotopic (exact) mass is 502 g/mol. The van der Waals surface area contributed by atoms with Crippen LogP contribution in [-0.2, 0) is 24.1 Å². The molecule has 0 unspecified atom stereocenters. The van der Waals surface area contributed by atoms with Crippen LogP contribution < -0.4 is 10.6 Å². The van der Waals surface area contributed by atoms with E-state index in [2.05, 4.69) is 15.7 Å². The van der Waals surface area contributed by atoms with Gasteiger partial charge in [0, 0.05) is 17.1 Å². The molecule has 13 heteroatoms. The van der Waals surface area contributed by atoms with Gasteiger partial charge in [0.2, 0.25) is 5.82 Å². The van der Waals surface area contributed by atoms with Crippen molar-refractivity contribution in [2.75, 3.05) is 17.7 Å². The highest BCUT2D eigenvalue weighted by molar-refractivity contribution is 7.80. The van der Waals surface area contributed by atoms with Crippen molar-refractivity contribution in [1.29, 1.82) is 0 Å². The lowest BCUT2D eigenvalue weighted by Crippen LogP contribution is -2.20. The zero-order chi connectivity index (χ0) is 23.9. The first kappa shape index (κ1) is 23.1. The standard InChI is InChI=1S/C20H15F5N4O2S2/c1-31-19(30)12-8-3-2-4-10(8)33-18(12)27-20(32)26-11-5-6-29(28-11)7-9-13(21)15(23)17(25)16(24)14(9)22/h5-6H,2-4,7H2,1H3,(H2,26,27,28,32). The Morgan fingerprint density at radius 2 is 1.79 bits per heavy atom. The molecule has 0 aliphatic heterocycles. The van der Waals surface area contributed by atoms with Crippen LogP contribution >= 0.6 is 23.6 Å². The number of carbonyl (C=O) groups is 1. The van der Waals surface area contributed by atoms with Crippen molar-refractivity contribution in [3.8, 4) is 0 Å². The van der Waals surface area contributed by atoms with Gasteiger partial charge in [0.05, 0.1) is 24.8 Å². The van der Waals surface area contributed by atoms with E-state index in [-0.39, 0.29) is 10.9 Å². The van der Waals surface area contributed by atoms with Gasteiger partial charge < -0.3 is 15.4 Å². The molecule has 2 heterocycles.